The highest BCUT2D eigenvalue weighted by Gasteiger charge is 2.32. The van der Waals surface area contributed by atoms with Crippen molar-refractivity contribution >= 4 is 11.8 Å². The van der Waals surface area contributed by atoms with E-state index in [1.807, 2.05) is 38.7 Å². The quantitative estimate of drug-likeness (QED) is 0.914. The molecular weight excluding hydrogens is 330 g/mol. The molecule has 1 aromatic carbocycles. The van der Waals surface area contributed by atoms with Gasteiger partial charge in [-0.3, -0.25) is 9.59 Å². The molecule has 0 saturated carbocycles. The van der Waals surface area contributed by atoms with Gasteiger partial charge < -0.3 is 14.7 Å². The SMILES string of the molecule is Cc1cc(C2CCCN2C(=O)c2ccc(C(=O)NC(C)(C)C)cc2)no1. The van der Waals surface area contributed by atoms with Crippen LogP contribution < -0.4 is 5.32 Å². The topological polar surface area (TPSA) is 75.4 Å². The summed E-state index contributed by atoms with van der Waals surface area (Å²) < 4.78 is 5.16. The van der Waals surface area contributed by atoms with Crippen LogP contribution in [0.1, 0.15) is 71.8 Å². The molecule has 6 nitrogen and oxygen atoms in total. The van der Waals surface area contributed by atoms with Gasteiger partial charge in [-0.2, -0.15) is 0 Å². The molecule has 6 heteroatoms. The van der Waals surface area contributed by atoms with Crippen molar-refractivity contribution in [3.05, 3.63) is 52.9 Å². The maximum atomic E-state index is 12.9. The maximum Gasteiger partial charge on any atom is 0.254 e. The Morgan fingerprint density at radius 3 is 2.42 bits per heavy atom. The number of benzene rings is 1. The minimum Gasteiger partial charge on any atom is -0.361 e. The lowest BCUT2D eigenvalue weighted by Gasteiger charge is -2.23. The molecule has 0 bridgehead atoms. The molecule has 1 saturated heterocycles. The van der Waals surface area contributed by atoms with E-state index in [-0.39, 0.29) is 23.4 Å². The molecule has 1 aliphatic heterocycles. The van der Waals surface area contributed by atoms with E-state index in [4.69, 9.17) is 4.52 Å². The number of nitrogens with one attached hydrogen (secondary N) is 1. The zero-order valence-corrected chi connectivity index (χ0v) is 15.7. The lowest BCUT2D eigenvalue weighted by molar-refractivity contribution is 0.0730. The molecule has 1 aromatic heterocycles. The number of rotatable bonds is 3. The van der Waals surface area contributed by atoms with Gasteiger partial charge in [-0.05, 0) is 64.8 Å². The van der Waals surface area contributed by atoms with Gasteiger partial charge in [0.1, 0.15) is 11.5 Å². The van der Waals surface area contributed by atoms with Crippen molar-refractivity contribution in [3.8, 4) is 0 Å². The summed E-state index contributed by atoms with van der Waals surface area (Å²) in [6, 6.07) is 8.64. The van der Waals surface area contributed by atoms with Crippen LogP contribution in [0.15, 0.2) is 34.9 Å². The fourth-order valence-electron chi connectivity index (χ4n) is 3.20. The summed E-state index contributed by atoms with van der Waals surface area (Å²) in [5.41, 5.74) is 1.62. The van der Waals surface area contributed by atoms with Crippen molar-refractivity contribution in [2.24, 2.45) is 0 Å². The number of aryl methyl sites for hydroxylation is 1. The standard InChI is InChI=1S/C20H25N3O3/c1-13-12-16(22-26-13)17-6-5-11-23(17)19(25)15-9-7-14(8-10-15)18(24)21-20(2,3)4/h7-10,12,17H,5-6,11H2,1-4H3,(H,21,24). The molecule has 138 valence electrons. The smallest absolute Gasteiger partial charge is 0.254 e. The number of carbonyl (C=O) groups excluding carboxylic acids is 2. The second-order valence-electron chi connectivity index (χ2n) is 7.80. The molecule has 2 amide bonds. The van der Waals surface area contributed by atoms with Gasteiger partial charge in [0.05, 0.1) is 6.04 Å². The van der Waals surface area contributed by atoms with Crippen molar-refractivity contribution in [2.75, 3.05) is 6.54 Å². The van der Waals surface area contributed by atoms with E-state index in [0.29, 0.717) is 17.7 Å². The second-order valence-corrected chi connectivity index (χ2v) is 7.80. The molecule has 0 radical (unpaired) electrons. The molecule has 0 aliphatic carbocycles. The minimum absolute atomic E-state index is 0.0454. The van der Waals surface area contributed by atoms with E-state index in [0.717, 1.165) is 24.3 Å². The number of aromatic nitrogens is 1. The first-order valence-electron chi connectivity index (χ1n) is 8.91. The molecule has 26 heavy (non-hydrogen) atoms. The van der Waals surface area contributed by atoms with Crippen LogP contribution in [-0.2, 0) is 0 Å². The van der Waals surface area contributed by atoms with E-state index in [9.17, 15) is 9.59 Å². The predicted octanol–water partition coefficient (Wildman–Crippen LogP) is 3.49. The Kier molecular flexibility index (Phi) is 4.85. The molecule has 2 aromatic rings. The number of likely N-dealkylation sites (tertiary alicyclic amines) is 1. The summed E-state index contributed by atoms with van der Waals surface area (Å²) in [7, 11) is 0. The van der Waals surface area contributed by atoms with E-state index >= 15 is 0 Å². The summed E-state index contributed by atoms with van der Waals surface area (Å²) in [6.07, 6.45) is 1.82. The summed E-state index contributed by atoms with van der Waals surface area (Å²) in [6.45, 7) is 8.34. The minimum atomic E-state index is -0.302. The zero-order valence-electron chi connectivity index (χ0n) is 15.7. The lowest BCUT2D eigenvalue weighted by atomic mass is 10.1. The van der Waals surface area contributed by atoms with Crippen LogP contribution in [0, 0.1) is 6.92 Å². The number of hydrogen-bond donors (Lipinski definition) is 1. The van der Waals surface area contributed by atoms with Gasteiger partial charge in [-0.1, -0.05) is 5.16 Å². The third-order valence-corrected chi connectivity index (χ3v) is 4.38. The lowest BCUT2D eigenvalue weighted by Crippen LogP contribution is -2.40. The average molecular weight is 355 g/mol. The van der Waals surface area contributed by atoms with Crippen molar-refractivity contribution < 1.29 is 14.1 Å². The highest BCUT2D eigenvalue weighted by atomic mass is 16.5. The van der Waals surface area contributed by atoms with Crippen molar-refractivity contribution in [3.63, 3.8) is 0 Å². The third-order valence-electron chi connectivity index (χ3n) is 4.38. The molecule has 3 rings (SSSR count). The van der Waals surface area contributed by atoms with Crippen LogP contribution in [0.5, 0.6) is 0 Å². The Bertz CT molecular complexity index is 802. The Morgan fingerprint density at radius 2 is 1.85 bits per heavy atom. The number of hydrogen-bond acceptors (Lipinski definition) is 4. The van der Waals surface area contributed by atoms with Gasteiger partial charge >= 0.3 is 0 Å². The van der Waals surface area contributed by atoms with Gasteiger partial charge in [0.2, 0.25) is 0 Å². The Hall–Kier alpha value is -2.63. The number of amides is 2. The zero-order chi connectivity index (χ0) is 18.9. The third kappa shape index (κ3) is 3.95. The Morgan fingerprint density at radius 1 is 1.19 bits per heavy atom. The molecule has 1 aliphatic rings. The number of nitrogens with zero attached hydrogens (tertiary/aromatic N) is 2. The fourth-order valence-corrected chi connectivity index (χ4v) is 3.20. The van der Waals surface area contributed by atoms with E-state index in [1.54, 1.807) is 24.3 Å². The van der Waals surface area contributed by atoms with Crippen LogP contribution in [-0.4, -0.2) is 34.0 Å². The fraction of sp³-hybridized carbons (Fsp3) is 0.450. The first-order chi connectivity index (χ1) is 12.2. The highest BCUT2D eigenvalue weighted by Crippen LogP contribution is 2.32. The summed E-state index contributed by atoms with van der Waals surface area (Å²) in [5, 5.41) is 6.99. The summed E-state index contributed by atoms with van der Waals surface area (Å²) >= 11 is 0. The molecule has 1 fully saturated rings. The second kappa shape index (κ2) is 6.94. The van der Waals surface area contributed by atoms with Crippen molar-refractivity contribution in [2.45, 2.75) is 52.1 Å². The van der Waals surface area contributed by atoms with E-state index in [2.05, 4.69) is 10.5 Å². The summed E-state index contributed by atoms with van der Waals surface area (Å²) in [5.74, 6) is 0.554. The monoisotopic (exact) mass is 355 g/mol. The Balaban J connectivity index is 1.74. The van der Waals surface area contributed by atoms with Crippen LogP contribution in [0.2, 0.25) is 0 Å². The molecule has 0 spiro atoms. The van der Waals surface area contributed by atoms with Gasteiger partial charge in [-0.25, -0.2) is 0 Å². The Labute approximate surface area is 153 Å². The van der Waals surface area contributed by atoms with Gasteiger partial charge in [0, 0.05) is 29.3 Å². The normalized spacial score (nSPS) is 17.4. The van der Waals surface area contributed by atoms with Gasteiger partial charge in [0.25, 0.3) is 11.8 Å². The van der Waals surface area contributed by atoms with Crippen LogP contribution in [0.3, 0.4) is 0 Å². The molecule has 1 atom stereocenters. The maximum absolute atomic E-state index is 12.9. The first kappa shape index (κ1) is 18.2. The number of carbonyl (C=O) groups is 2. The molecular formula is C20H25N3O3. The van der Waals surface area contributed by atoms with Crippen LogP contribution in [0.4, 0.5) is 0 Å². The first-order valence-corrected chi connectivity index (χ1v) is 8.91. The van der Waals surface area contributed by atoms with E-state index < -0.39 is 0 Å². The predicted molar refractivity (Wildman–Crippen MR) is 97.9 cm³/mol. The molecule has 1 N–H and O–H groups in total. The van der Waals surface area contributed by atoms with Gasteiger partial charge in [0.15, 0.2) is 0 Å². The van der Waals surface area contributed by atoms with E-state index in [1.165, 1.54) is 0 Å². The average Bonchev–Trinajstić information content (AvgIpc) is 3.21. The van der Waals surface area contributed by atoms with Crippen LogP contribution >= 0.6 is 0 Å². The molecule has 1 unspecified atom stereocenters. The van der Waals surface area contributed by atoms with Crippen LogP contribution in [0.25, 0.3) is 0 Å². The van der Waals surface area contributed by atoms with Crippen molar-refractivity contribution in [1.29, 1.82) is 0 Å². The summed E-state index contributed by atoms with van der Waals surface area (Å²) in [4.78, 5) is 27.0. The van der Waals surface area contributed by atoms with Crippen molar-refractivity contribution in [1.82, 2.24) is 15.4 Å². The van der Waals surface area contributed by atoms with Gasteiger partial charge in [-0.15, -0.1) is 0 Å². The highest BCUT2D eigenvalue weighted by molar-refractivity contribution is 5.98. The largest absolute Gasteiger partial charge is 0.361 e. The molecule has 2 heterocycles.